The van der Waals surface area contributed by atoms with Crippen molar-refractivity contribution in [3.8, 4) is 0 Å². The molecule has 0 amide bonds. The summed E-state index contributed by atoms with van der Waals surface area (Å²) in [6.07, 6.45) is 0. The highest BCUT2D eigenvalue weighted by Gasteiger charge is 2.09. The van der Waals surface area contributed by atoms with Crippen LogP contribution in [-0.4, -0.2) is 14.2 Å². The van der Waals surface area contributed by atoms with E-state index in [1.807, 2.05) is 0 Å². The fraction of sp³-hybridized carbons (Fsp3) is 0.125. The Bertz CT molecular complexity index is 353. The monoisotopic (exact) mass is 184 g/mol. The number of anilines is 1. The van der Waals surface area contributed by atoms with E-state index in [0.29, 0.717) is 5.69 Å². The molecule has 0 aliphatic carbocycles. The fourth-order valence-electron chi connectivity index (χ4n) is 0.793. The average molecular weight is 184 g/mol. The number of rotatable bonds is 2. The third-order valence-electron chi connectivity index (χ3n) is 1.51. The van der Waals surface area contributed by atoms with Gasteiger partial charge in [-0.1, -0.05) is 0 Å². The van der Waals surface area contributed by atoms with Crippen molar-refractivity contribution in [2.24, 2.45) is 0 Å². The molecule has 0 aliphatic heterocycles. The second-order valence-electron chi connectivity index (χ2n) is 2.39. The van der Waals surface area contributed by atoms with E-state index in [9.17, 15) is 8.42 Å². The topological polar surface area (TPSA) is 60.2 Å². The average Bonchev–Trinajstić information content (AvgIpc) is 2.05. The Morgan fingerprint density at radius 2 is 1.75 bits per heavy atom. The van der Waals surface area contributed by atoms with Crippen molar-refractivity contribution in [1.82, 2.24) is 0 Å². The predicted octanol–water partition coefficient (Wildman–Crippen LogP) is 0.877. The standard InChI is InChI=1S/C8H10NO2S/c1-2-12(10,11)8-5-3-7(9)4-6-8/h3-6H,1-2,9H2. The van der Waals surface area contributed by atoms with Crippen LogP contribution in [0.1, 0.15) is 0 Å². The minimum absolute atomic E-state index is 0.128. The third kappa shape index (κ3) is 1.76. The quantitative estimate of drug-likeness (QED) is 0.694. The molecular weight excluding hydrogens is 174 g/mol. The van der Waals surface area contributed by atoms with Crippen molar-refractivity contribution in [2.75, 3.05) is 11.5 Å². The molecule has 0 aliphatic rings. The van der Waals surface area contributed by atoms with Gasteiger partial charge in [-0.2, -0.15) is 0 Å². The molecule has 1 radical (unpaired) electrons. The lowest BCUT2D eigenvalue weighted by Gasteiger charge is -2.00. The second-order valence-corrected chi connectivity index (χ2v) is 4.50. The molecule has 1 rings (SSSR count). The van der Waals surface area contributed by atoms with E-state index >= 15 is 0 Å². The number of hydrogen-bond acceptors (Lipinski definition) is 3. The first-order valence-corrected chi connectivity index (χ1v) is 5.09. The summed E-state index contributed by atoms with van der Waals surface area (Å²) in [6.45, 7) is 3.34. The number of nitrogens with two attached hydrogens (primary N) is 1. The summed E-state index contributed by atoms with van der Waals surface area (Å²) < 4.78 is 22.4. The van der Waals surface area contributed by atoms with Crippen molar-refractivity contribution >= 4 is 15.5 Å². The predicted molar refractivity (Wildman–Crippen MR) is 48.3 cm³/mol. The first-order chi connectivity index (χ1) is 5.56. The Balaban J connectivity index is 3.14. The summed E-state index contributed by atoms with van der Waals surface area (Å²) in [5.41, 5.74) is 5.95. The van der Waals surface area contributed by atoms with Crippen LogP contribution in [0.3, 0.4) is 0 Å². The van der Waals surface area contributed by atoms with Crippen molar-refractivity contribution in [1.29, 1.82) is 0 Å². The lowest BCUT2D eigenvalue weighted by molar-refractivity contribution is 0.599. The number of benzene rings is 1. The maximum Gasteiger partial charge on any atom is 0.178 e. The first kappa shape index (κ1) is 9.06. The van der Waals surface area contributed by atoms with Crippen LogP contribution in [0.15, 0.2) is 29.2 Å². The second kappa shape index (κ2) is 3.15. The molecule has 0 atom stereocenters. The molecule has 0 spiro atoms. The molecule has 0 fully saturated rings. The molecule has 0 bridgehead atoms. The van der Waals surface area contributed by atoms with Gasteiger partial charge in [0.15, 0.2) is 9.84 Å². The van der Waals surface area contributed by atoms with Gasteiger partial charge in [-0.25, -0.2) is 8.42 Å². The van der Waals surface area contributed by atoms with E-state index in [1.54, 1.807) is 12.1 Å². The Hall–Kier alpha value is -1.03. The lowest BCUT2D eigenvalue weighted by Crippen LogP contribution is -2.03. The molecule has 0 saturated carbocycles. The van der Waals surface area contributed by atoms with E-state index < -0.39 is 9.84 Å². The molecule has 0 saturated heterocycles. The van der Waals surface area contributed by atoms with Crippen molar-refractivity contribution in [3.05, 3.63) is 31.2 Å². The lowest BCUT2D eigenvalue weighted by atomic mass is 10.3. The van der Waals surface area contributed by atoms with Crippen LogP contribution in [0.2, 0.25) is 0 Å². The van der Waals surface area contributed by atoms with Crippen LogP contribution >= 0.6 is 0 Å². The van der Waals surface area contributed by atoms with E-state index in [2.05, 4.69) is 6.92 Å². The third-order valence-corrected chi connectivity index (χ3v) is 3.04. The Morgan fingerprint density at radius 3 is 2.17 bits per heavy atom. The van der Waals surface area contributed by atoms with E-state index in [-0.39, 0.29) is 10.6 Å². The molecule has 1 aromatic carbocycles. The van der Waals surface area contributed by atoms with Gasteiger partial charge >= 0.3 is 0 Å². The smallest absolute Gasteiger partial charge is 0.178 e. The summed E-state index contributed by atoms with van der Waals surface area (Å²) in [5.74, 6) is -0.128. The highest BCUT2D eigenvalue weighted by atomic mass is 32.2. The van der Waals surface area contributed by atoms with Gasteiger partial charge in [-0.3, -0.25) is 0 Å². The van der Waals surface area contributed by atoms with Crippen LogP contribution in [0.4, 0.5) is 5.69 Å². The zero-order chi connectivity index (χ0) is 9.19. The van der Waals surface area contributed by atoms with Gasteiger partial charge in [-0.15, -0.1) is 0 Å². The summed E-state index contributed by atoms with van der Waals surface area (Å²) >= 11 is 0. The minimum atomic E-state index is -3.18. The molecule has 1 aromatic rings. The summed E-state index contributed by atoms with van der Waals surface area (Å²) in [4.78, 5) is 0.270. The van der Waals surface area contributed by atoms with Crippen LogP contribution in [0.5, 0.6) is 0 Å². The van der Waals surface area contributed by atoms with Gasteiger partial charge in [-0.05, 0) is 31.2 Å². The van der Waals surface area contributed by atoms with Gasteiger partial charge in [0, 0.05) is 5.69 Å². The van der Waals surface area contributed by atoms with E-state index in [0.717, 1.165) is 0 Å². The molecule has 0 aromatic heterocycles. The summed E-state index contributed by atoms with van der Waals surface area (Å²) in [7, 11) is -3.18. The maximum absolute atomic E-state index is 11.2. The Labute approximate surface area is 72.1 Å². The molecule has 0 heterocycles. The van der Waals surface area contributed by atoms with Crippen LogP contribution in [-0.2, 0) is 9.84 Å². The minimum Gasteiger partial charge on any atom is -0.399 e. The highest BCUT2D eigenvalue weighted by molar-refractivity contribution is 7.91. The SMILES string of the molecule is [CH2]CS(=O)(=O)c1ccc(N)cc1. The van der Waals surface area contributed by atoms with Gasteiger partial charge in [0.2, 0.25) is 0 Å². The van der Waals surface area contributed by atoms with Crippen molar-refractivity contribution in [2.45, 2.75) is 4.90 Å². The Kier molecular flexibility index (Phi) is 2.38. The number of nitrogen functional groups attached to an aromatic ring is 1. The van der Waals surface area contributed by atoms with E-state index in [4.69, 9.17) is 5.73 Å². The molecule has 2 N–H and O–H groups in total. The summed E-state index contributed by atoms with van der Waals surface area (Å²) in [5, 5.41) is 0. The van der Waals surface area contributed by atoms with Gasteiger partial charge in [0.25, 0.3) is 0 Å². The largest absolute Gasteiger partial charge is 0.399 e. The van der Waals surface area contributed by atoms with E-state index in [1.165, 1.54) is 12.1 Å². The maximum atomic E-state index is 11.2. The zero-order valence-electron chi connectivity index (χ0n) is 6.53. The zero-order valence-corrected chi connectivity index (χ0v) is 7.34. The molecule has 4 heteroatoms. The van der Waals surface area contributed by atoms with Crippen LogP contribution in [0, 0.1) is 6.92 Å². The fourth-order valence-corrected chi connectivity index (χ4v) is 1.58. The normalized spacial score (nSPS) is 11.4. The molecule has 12 heavy (non-hydrogen) atoms. The molecule has 65 valence electrons. The van der Waals surface area contributed by atoms with Crippen LogP contribution < -0.4 is 5.73 Å². The van der Waals surface area contributed by atoms with Gasteiger partial charge < -0.3 is 5.73 Å². The van der Waals surface area contributed by atoms with Gasteiger partial charge in [0.1, 0.15) is 0 Å². The van der Waals surface area contributed by atoms with Crippen molar-refractivity contribution < 1.29 is 8.42 Å². The number of sulfone groups is 1. The van der Waals surface area contributed by atoms with Crippen LogP contribution in [0.25, 0.3) is 0 Å². The molecule has 0 unspecified atom stereocenters. The molecule has 3 nitrogen and oxygen atoms in total. The summed E-state index contributed by atoms with van der Waals surface area (Å²) in [6, 6.07) is 6.08. The highest BCUT2D eigenvalue weighted by Crippen LogP contribution is 2.12. The number of hydrogen-bond donors (Lipinski definition) is 1. The molecular formula is C8H10NO2S. The Morgan fingerprint density at radius 1 is 1.25 bits per heavy atom. The van der Waals surface area contributed by atoms with Crippen molar-refractivity contribution in [3.63, 3.8) is 0 Å². The first-order valence-electron chi connectivity index (χ1n) is 3.44. The van der Waals surface area contributed by atoms with Gasteiger partial charge in [0.05, 0.1) is 10.6 Å².